The Labute approximate surface area is 486 Å². The van der Waals surface area contributed by atoms with Crippen molar-refractivity contribution < 1.29 is 56.8 Å². The number of carbonyl (C=O) groups excluding carboxylic acids is 4. The van der Waals surface area contributed by atoms with Crippen LogP contribution in [0.25, 0.3) is 34.2 Å². The van der Waals surface area contributed by atoms with Gasteiger partial charge in [0.2, 0.25) is 0 Å². The second kappa shape index (κ2) is 27.2. The van der Waals surface area contributed by atoms with E-state index in [0.29, 0.717) is 39.8 Å². The standard InChI is InChI=1S/C21H23ClFN7O4.C16H15ClFN7O2.C14H17N5O4/c1-11(14-8-12(23)9-25-17(14)22)33-19(31)27-18-16(28-29-30(18)5)15-7-6-13(10-24-15)26-20(32)34-21(2,3)4;1-8(11-5-9(18)6-21-14(11)17)27-16(26)22-15-13(23-24-25(15)2)12-4-3-10(19)7-20-12;1-14(2,3)23-13(22)16-8-5-6-9(15-7-8)10-11(12(20)21)19(4)18-17-10/h6-11H,1-5H3,(H,26,32)(H,27,31);3-8H,19H2,1-2H3,(H,22,26);5-7H,1-4H3,(H,16,22)(H,20,21)/t11-;8-;/m11./s1. The van der Waals surface area contributed by atoms with E-state index < -0.39 is 65.4 Å². The van der Waals surface area contributed by atoms with E-state index >= 15 is 0 Å². The molecular weight excluding hydrogens is 1150 g/mol. The fourth-order valence-electron chi connectivity index (χ4n) is 6.86. The number of aromatic nitrogens is 14. The van der Waals surface area contributed by atoms with Gasteiger partial charge in [0, 0.05) is 32.3 Å². The molecule has 0 aliphatic rings. The molecule has 0 saturated heterocycles. The summed E-state index contributed by atoms with van der Waals surface area (Å²) >= 11 is 11.9. The van der Waals surface area contributed by atoms with E-state index in [-0.39, 0.29) is 50.2 Å². The average Bonchev–Trinajstić information content (AvgIpc) is 3.77. The molecule has 2 atom stereocenters. The molecule has 0 aromatic carbocycles. The Morgan fingerprint density at radius 2 is 0.929 bits per heavy atom. The Balaban J connectivity index is 0.000000206. The van der Waals surface area contributed by atoms with E-state index in [1.165, 1.54) is 41.9 Å². The summed E-state index contributed by atoms with van der Waals surface area (Å²) in [4.78, 5) is 79.5. The molecule has 8 aromatic rings. The van der Waals surface area contributed by atoms with Crippen molar-refractivity contribution in [2.75, 3.05) is 27.0 Å². The van der Waals surface area contributed by atoms with Gasteiger partial charge in [0.15, 0.2) is 28.7 Å². The maximum Gasteiger partial charge on any atom is 0.413 e. The van der Waals surface area contributed by atoms with Crippen molar-refractivity contribution in [3.63, 3.8) is 0 Å². The molecule has 8 heterocycles. The summed E-state index contributed by atoms with van der Waals surface area (Å²) < 4.78 is 51.6. The largest absolute Gasteiger partial charge is 0.476 e. The van der Waals surface area contributed by atoms with Crippen molar-refractivity contribution in [2.24, 2.45) is 21.1 Å². The minimum atomic E-state index is -1.15. The van der Waals surface area contributed by atoms with E-state index in [0.717, 1.165) is 29.2 Å². The highest BCUT2D eigenvalue weighted by atomic mass is 35.5. The first-order valence-corrected chi connectivity index (χ1v) is 25.3. The van der Waals surface area contributed by atoms with Crippen LogP contribution in [0.2, 0.25) is 10.3 Å². The number of anilines is 5. The Morgan fingerprint density at radius 1 is 0.548 bits per heavy atom. The van der Waals surface area contributed by atoms with E-state index in [1.54, 1.807) is 99.0 Å². The number of aromatic carboxylic acids is 1. The molecule has 29 nitrogen and oxygen atoms in total. The zero-order valence-corrected chi connectivity index (χ0v) is 48.1. The van der Waals surface area contributed by atoms with Crippen LogP contribution in [0.4, 0.5) is 56.7 Å². The molecule has 84 heavy (non-hydrogen) atoms. The number of nitrogens with zero attached hydrogens (tertiary/aromatic N) is 14. The Kier molecular flexibility index (Phi) is 20.4. The number of hydrogen-bond donors (Lipinski definition) is 6. The van der Waals surface area contributed by atoms with Crippen LogP contribution in [-0.4, -0.2) is 117 Å². The van der Waals surface area contributed by atoms with Crippen molar-refractivity contribution >= 4 is 82.2 Å². The zero-order valence-electron chi connectivity index (χ0n) is 46.6. The molecule has 442 valence electrons. The summed E-state index contributed by atoms with van der Waals surface area (Å²) in [6.45, 7) is 13.6. The van der Waals surface area contributed by atoms with Crippen LogP contribution in [-0.2, 0) is 40.1 Å². The van der Waals surface area contributed by atoms with Gasteiger partial charge in [-0.2, -0.15) is 0 Å². The smallest absolute Gasteiger partial charge is 0.413 e. The highest BCUT2D eigenvalue weighted by molar-refractivity contribution is 6.30. The van der Waals surface area contributed by atoms with Crippen LogP contribution in [0.3, 0.4) is 0 Å². The lowest BCUT2D eigenvalue weighted by atomic mass is 10.2. The molecule has 7 N–H and O–H groups in total. The summed E-state index contributed by atoms with van der Waals surface area (Å²) in [7, 11) is 4.65. The number of carbonyl (C=O) groups is 5. The average molecular weight is 1200 g/mol. The van der Waals surface area contributed by atoms with Gasteiger partial charge in [-0.3, -0.25) is 36.2 Å². The summed E-state index contributed by atoms with van der Waals surface area (Å²) in [5.74, 6) is -1.86. The lowest BCUT2D eigenvalue weighted by Crippen LogP contribution is -2.27. The molecule has 0 bridgehead atoms. The highest BCUT2D eigenvalue weighted by Gasteiger charge is 2.25. The van der Waals surface area contributed by atoms with Crippen molar-refractivity contribution in [3.8, 4) is 34.2 Å². The molecule has 0 spiro atoms. The van der Waals surface area contributed by atoms with Crippen molar-refractivity contribution in [2.45, 2.75) is 78.8 Å². The van der Waals surface area contributed by atoms with Gasteiger partial charge >= 0.3 is 30.3 Å². The minimum Gasteiger partial charge on any atom is -0.476 e. The number of nitrogens with two attached hydrogens (primary N) is 1. The molecule has 33 heteroatoms. The Bertz CT molecular complexity index is 3650. The zero-order chi connectivity index (χ0) is 61.8. The summed E-state index contributed by atoms with van der Waals surface area (Å²) in [5, 5.41) is 42.8. The molecule has 8 aromatic heterocycles. The number of amides is 4. The summed E-state index contributed by atoms with van der Waals surface area (Å²) in [6, 6.07) is 11.9. The van der Waals surface area contributed by atoms with Crippen LogP contribution < -0.4 is 27.0 Å². The number of nitrogen functional groups attached to an aromatic ring is 1. The molecule has 0 saturated carbocycles. The topological polar surface area (TPSA) is 373 Å². The first-order chi connectivity index (χ1) is 39.4. The van der Waals surface area contributed by atoms with Gasteiger partial charge in [-0.05, 0) is 104 Å². The van der Waals surface area contributed by atoms with E-state index in [1.807, 2.05) is 0 Å². The minimum absolute atomic E-state index is 0.0221. The summed E-state index contributed by atoms with van der Waals surface area (Å²) in [6.07, 6.45) is 1.64. The van der Waals surface area contributed by atoms with E-state index in [4.69, 9.17) is 47.9 Å². The lowest BCUT2D eigenvalue weighted by Gasteiger charge is -2.19. The van der Waals surface area contributed by atoms with Crippen LogP contribution in [0.5, 0.6) is 0 Å². The second-order valence-corrected chi connectivity index (χ2v) is 20.3. The Hall–Kier alpha value is -10.0. The fourth-order valence-corrected chi connectivity index (χ4v) is 7.37. The predicted octanol–water partition coefficient (Wildman–Crippen LogP) is 9.60. The fraction of sp³-hybridized carbons (Fsp3) is 0.294. The molecule has 0 unspecified atom stereocenters. The molecule has 0 aliphatic heterocycles. The first kappa shape index (κ1) is 63.1. The second-order valence-electron chi connectivity index (χ2n) is 19.5. The number of nitrogens with one attached hydrogen (secondary N) is 4. The van der Waals surface area contributed by atoms with Gasteiger partial charge in [0.25, 0.3) is 0 Å². The highest BCUT2D eigenvalue weighted by Crippen LogP contribution is 2.30. The number of carboxylic acids is 1. The van der Waals surface area contributed by atoms with Gasteiger partial charge < -0.3 is 29.8 Å². The monoisotopic (exact) mass is 1200 g/mol. The van der Waals surface area contributed by atoms with Gasteiger partial charge in [-0.1, -0.05) is 38.8 Å². The molecular formula is C51H55Cl2F2N19O10. The number of pyridine rings is 5. The third kappa shape index (κ3) is 17.7. The number of hydrogen-bond acceptors (Lipinski definition) is 21. The molecule has 4 amide bonds. The predicted molar refractivity (Wildman–Crippen MR) is 299 cm³/mol. The van der Waals surface area contributed by atoms with Gasteiger partial charge in [0.05, 0.1) is 65.1 Å². The van der Waals surface area contributed by atoms with Gasteiger partial charge in [-0.25, -0.2) is 56.8 Å². The van der Waals surface area contributed by atoms with Crippen LogP contribution in [0.15, 0.2) is 79.5 Å². The van der Waals surface area contributed by atoms with Crippen LogP contribution in [0, 0.1) is 11.6 Å². The third-order valence-electron chi connectivity index (χ3n) is 10.6. The first-order valence-electron chi connectivity index (χ1n) is 24.6. The Morgan fingerprint density at radius 3 is 1.30 bits per heavy atom. The van der Waals surface area contributed by atoms with Gasteiger partial charge in [-0.15, -0.1) is 15.3 Å². The molecule has 0 radical (unpaired) electrons. The van der Waals surface area contributed by atoms with Crippen LogP contribution >= 0.6 is 23.2 Å². The lowest BCUT2D eigenvalue weighted by molar-refractivity contribution is 0.0624. The molecule has 8 rings (SSSR count). The maximum atomic E-state index is 13.5. The quantitative estimate of drug-likeness (QED) is 0.0489. The molecule has 0 aliphatic carbocycles. The SMILES string of the molecule is C[C@@H](OC(=O)Nc1c(-c2ccc(N)cn2)nnn1C)c1cc(F)cnc1Cl.C[C@@H](OC(=O)Nc1c(-c2ccc(NC(=O)OC(C)(C)C)cn2)nnn1C)c1cc(F)cnc1Cl.Cn1nnc(-c2ccc(NC(=O)OC(C)(C)C)cn2)c1C(=O)O. The number of ether oxygens (including phenoxy) is 4. The number of carboxylic acid groups (broad SMARTS) is 1. The summed E-state index contributed by atoms with van der Waals surface area (Å²) in [5.41, 5.74) is 8.05. The van der Waals surface area contributed by atoms with Gasteiger partial charge in [0.1, 0.15) is 51.0 Å². The van der Waals surface area contributed by atoms with Crippen molar-refractivity contribution in [1.82, 2.24) is 69.9 Å². The van der Waals surface area contributed by atoms with Crippen molar-refractivity contribution in [1.29, 1.82) is 0 Å². The number of halogens is 4. The normalized spacial score (nSPS) is 11.8. The van der Waals surface area contributed by atoms with E-state index in [2.05, 4.69) is 77.1 Å². The maximum absolute atomic E-state index is 13.5. The third-order valence-corrected chi connectivity index (χ3v) is 11.2. The van der Waals surface area contributed by atoms with Crippen molar-refractivity contribution in [3.05, 3.63) is 118 Å². The number of aryl methyl sites for hydroxylation is 3. The number of rotatable bonds is 12. The van der Waals surface area contributed by atoms with E-state index in [9.17, 15) is 37.9 Å². The van der Waals surface area contributed by atoms with Crippen LogP contribution in [0.1, 0.15) is 89.2 Å². The molecule has 0 fully saturated rings.